The van der Waals surface area contributed by atoms with Gasteiger partial charge in [-0.3, -0.25) is 0 Å². The third-order valence-electron chi connectivity index (χ3n) is 4.15. The Morgan fingerprint density at radius 3 is 2.30 bits per heavy atom. The maximum atomic E-state index is 13.7. The van der Waals surface area contributed by atoms with E-state index in [9.17, 15) is 13.2 Å². The summed E-state index contributed by atoms with van der Waals surface area (Å²) in [5.74, 6) is 0.543. The standard InChI is InChI=1S/C20H14F3N3O/c1-27-15-9-5-8-14(10-15)16-11-18(20(21,22)23)26-19(24-16)12-17(25-26)13-6-3-2-4-7-13/h2-12H,1H3. The Labute approximate surface area is 152 Å². The van der Waals surface area contributed by atoms with Crippen LogP contribution in [0.15, 0.2) is 66.7 Å². The Bertz CT molecular complexity index is 1100. The number of hydrogen-bond acceptors (Lipinski definition) is 3. The van der Waals surface area contributed by atoms with Crippen molar-refractivity contribution in [2.45, 2.75) is 6.18 Å². The maximum absolute atomic E-state index is 13.7. The first kappa shape index (κ1) is 17.1. The molecule has 4 rings (SSSR count). The average Bonchev–Trinajstić information content (AvgIpc) is 3.11. The Hall–Kier alpha value is -3.35. The van der Waals surface area contributed by atoms with Gasteiger partial charge in [0.1, 0.15) is 5.75 Å². The molecule has 4 aromatic rings. The predicted molar refractivity (Wildman–Crippen MR) is 95.4 cm³/mol. The molecule has 0 bridgehead atoms. The highest BCUT2D eigenvalue weighted by Crippen LogP contribution is 2.34. The topological polar surface area (TPSA) is 39.4 Å². The smallest absolute Gasteiger partial charge is 0.433 e. The lowest BCUT2D eigenvalue weighted by atomic mass is 10.1. The molecule has 0 aliphatic carbocycles. The number of halogens is 3. The van der Waals surface area contributed by atoms with Crippen LogP contribution < -0.4 is 4.74 Å². The zero-order valence-electron chi connectivity index (χ0n) is 14.2. The van der Waals surface area contributed by atoms with Crippen molar-refractivity contribution in [3.05, 3.63) is 72.4 Å². The van der Waals surface area contributed by atoms with Crippen LogP contribution in [0.5, 0.6) is 5.75 Å². The van der Waals surface area contributed by atoms with E-state index in [1.165, 1.54) is 7.11 Å². The van der Waals surface area contributed by atoms with Crippen molar-refractivity contribution in [1.29, 1.82) is 0 Å². The maximum Gasteiger partial charge on any atom is 0.433 e. The van der Waals surface area contributed by atoms with Gasteiger partial charge in [-0.1, -0.05) is 42.5 Å². The molecule has 0 aliphatic heterocycles. The average molecular weight is 369 g/mol. The van der Waals surface area contributed by atoms with Crippen molar-refractivity contribution in [2.75, 3.05) is 7.11 Å². The molecule has 0 aliphatic rings. The van der Waals surface area contributed by atoms with Gasteiger partial charge in [-0.05, 0) is 18.2 Å². The Kier molecular flexibility index (Phi) is 4.07. The summed E-state index contributed by atoms with van der Waals surface area (Å²) < 4.78 is 47.0. The van der Waals surface area contributed by atoms with Crippen molar-refractivity contribution >= 4 is 5.65 Å². The molecule has 2 aromatic carbocycles. The Morgan fingerprint density at radius 1 is 0.852 bits per heavy atom. The van der Waals surface area contributed by atoms with Crippen LogP contribution in [0.4, 0.5) is 13.2 Å². The third kappa shape index (κ3) is 3.23. The summed E-state index contributed by atoms with van der Waals surface area (Å²) >= 11 is 0. The van der Waals surface area contributed by atoms with Crippen LogP contribution in [-0.4, -0.2) is 21.7 Å². The van der Waals surface area contributed by atoms with Gasteiger partial charge >= 0.3 is 6.18 Å². The molecular weight excluding hydrogens is 355 g/mol. The molecule has 0 fully saturated rings. The van der Waals surface area contributed by atoms with E-state index in [4.69, 9.17) is 4.74 Å². The van der Waals surface area contributed by atoms with Crippen LogP contribution >= 0.6 is 0 Å². The molecule has 0 saturated carbocycles. The number of methoxy groups -OCH3 is 1. The van der Waals surface area contributed by atoms with Gasteiger partial charge in [0.25, 0.3) is 0 Å². The van der Waals surface area contributed by atoms with Crippen molar-refractivity contribution in [1.82, 2.24) is 14.6 Å². The minimum Gasteiger partial charge on any atom is -0.497 e. The van der Waals surface area contributed by atoms with Gasteiger partial charge in [-0.25, -0.2) is 9.50 Å². The van der Waals surface area contributed by atoms with Crippen molar-refractivity contribution in [3.63, 3.8) is 0 Å². The van der Waals surface area contributed by atoms with Gasteiger partial charge in [-0.15, -0.1) is 0 Å². The lowest BCUT2D eigenvalue weighted by Gasteiger charge is -2.11. The van der Waals surface area contributed by atoms with Crippen LogP contribution in [0, 0.1) is 0 Å². The first-order valence-corrected chi connectivity index (χ1v) is 8.13. The molecule has 0 amide bonds. The molecule has 0 spiro atoms. The number of alkyl halides is 3. The molecule has 2 heterocycles. The highest BCUT2D eigenvalue weighted by Gasteiger charge is 2.35. The highest BCUT2D eigenvalue weighted by molar-refractivity contribution is 5.68. The summed E-state index contributed by atoms with van der Waals surface area (Å²) in [6.07, 6.45) is -4.57. The third-order valence-corrected chi connectivity index (χ3v) is 4.15. The molecule has 0 N–H and O–H groups in total. The Morgan fingerprint density at radius 2 is 1.59 bits per heavy atom. The van der Waals surface area contributed by atoms with Gasteiger partial charge in [0.2, 0.25) is 0 Å². The number of ether oxygens (including phenoxy) is 1. The number of hydrogen-bond donors (Lipinski definition) is 0. The van der Waals surface area contributed by atoms with Crippen LogP contribution in [-0.2, 0) is 6.18 Å². The molecule has 4 nitrogen and oxygen atoms in total. The minimum atomic E-state index is -4.57. The molecule has 136 valence electrons. The van der Waals surface area contributed by atoms with Crippen LogP contribution in [0.2, 0.25) is 0 Å². The van der Waals surface area contributed by atoms with Crippen molar-refractivity contribution < 1.29 is 17.9 Å². The molecular formula is C20H14F3N3O. The molecule has 0 atom stereocenters. The fourth-order valence-corrected chi connectivity index (χ4v) is 2.86. The van der Waals surface area contributed by atoms with Gasteiger partial charge in [-0.2, -0.15) is 18.3 Å². The zero-order valence-corrected chi connectivity index (χ0v) is 14.2. The van der Waals surface area contributed by atoms with E-state index in [2.05, 4.69) is 10.1 Å². The van der Waals surface area contributed by atoms with E-state index in [-0.39, 0.29) is 11.3 Å². The van der Waals surface area contributed by atoms with Gasteiger partial charge in [0, 0.05) is 17.2 Å². The first-order chi connectivity index (χ1) is 13.0. The second kappa shape index (κ2) is 6.42. The number of fused-ring (bicyclic) bond motifs is 1. The van der Waals surface area contributed by atoms with Gasteiger partial charge < -0.3 is 4.74 Å². The van der Waals surface area contributed by atoms with E-state index in [0.717, 1.165) is 16.1 Å². The molecule has 7 heteroatoms. The Balaban J connectivity index is 1.94. The van der Waals surface area contributed by atoms with Gasteiger partial charge in [0.15, 0.2) is 11.3 Å². The first-order valence-electron chi connectivity index (χ1n) is 8.13. The van der Waals surface area contributed by atoms with Crippen LogP contribution in [0.3, 0.4) is 0 Å². The van der Waals surface area contributed by atoms with E-state index in [1.807, 2.05) is 6.07 Å². The van der Waals surface area contributed by atoms with Gasteiger partial charge in [0.05, 0.1) is 18.5 Å². The van der Waals surface area contributed by atoms with Crippen molar-refractivity contribution in [2.24, 2.45) is 0 Å². The predicted octanol–water partition coefficient (Wildman–Crippen LogP) is 5.09. The summed E-state index contributed by atoms with van der Waals surface area (Å²) in [6.45, 7) is 0. The lowest BCUT2D eigenvalue weighted by molar-refractivity contribution is -0.142. The second-order valence-electron chi connectivity index (χ2n) is 5.92. The molecule has 0 saturated heterocycles. The van der Waals surface area contributed by atoms with E-state index < -0.39 is 11.9 Å². The normalized spacial score (nSPS) is 11.7. The zero-order chi connectivity index (χ0) is 19.0. The van der Waals surface area contributed by atoms with E-state index in [1.54, 1.807) is 54.6 Å². The van der Waals surface area contributed by atoms with E-state index in [0.29, 0.717) is 17.0 Å². The molecule has 0 radical (unpaired) electrons. The number of rotatable bonds is 3. The molecule has 2 aromatic heterocycles. The summed E-state index contributed by atoms with van der Waals surface area (Å²) in [5.41, 5.74) is 1.13. The summed E-state index contributed by atoms with van der Waals surface area (Å²) in [5, 5.41) is 4.13. The summed E-state index contributed by atoms with van der Waals surface area (Å²) in [4.78, 5) is 4.39. The summed E-state index contributed by atoms with van der Waals surface area (Å²) in [6, 6.07) is 18.3. The monoisotopic (exact) mass is 369 g/mol. The van der Waals surface area contributed by atoms with E-state index >= 15 is 0 Å². The quantitative estimate of drug-likeness (QED) is 0.505. The SMILES string of the molecule is COc1cccc(-c2cc(C(F)(F)F)n3nc(-c4ccccc4)cc3n2)c1. The molecule has 27 heavy (non-hydrogen) atoms. The largest absolute Gasteiger partial charge is 0.497 e. The van der Waals surface area contributed by atoms with Crippen molar-refractivity contribution in [3.8, 4) is 28.3 Å². The fraction of sp³-hybridized carbons (Fsp3) is 0.100. The number of aromatic nitrogens is 3. The minimum absolute atomic E-state index is 0.126. The fourth-order valence-electron chi connectivity index (χ4n) is 2.86. The summed E-state index contributed by atoms with van der Waals surface area (Å²) in [7, 11) is 1.50. The highest BCUT2D eigenvalue weighted by atomic mass is 19.4. The molecule has 0 unspecified atom stereocenters. The second-order valence-corrected chi connectivity index (χ2v) is 5.92. The number of nitrogens with zero attached hydrogens (tertiary/aromatic N) is 3. The number of benzene rings is 2. The van der Waals surface area contributed by atoms with Crippen LogP contribution in [0.25, 0.3) is 28.2 Å². The lowest BCUT2D eigenvalue weighted by Crippen LogP contribution is -2.13. The van der Waals surface area contributed by atoms with Crippen LogP contribution in [0.1, 0.15) is 5.69 Å².